The van der Waals surface area contributed by atoms with Gasteiger partial charge in [0.2, 0.25) is 0 Å². The van der Waals surface area contributed by atoms with E-state index in [-0.39, 0.29) is 5.97 Å². The van der Waals surface area contributed by atoms with Crippen molar-refractivity contribution in [3.05, 3.63) is 77.9 Å². The van der Waals surface area contributed by atoms with Crippen molar-refractivity contribution < 1.29 is 14.3 Å². The van der Waals surface area contributed by atoms with Crippen LogP contribution in [0.5, 0.6) is 5.75 Å². The molecule has 0 radical (unpaired) electrons. The average Bonchev–Trinajstić information content (AvgIpc) is 3.74. The Morgan fingerprint density at radius 3 is 2.37 bits per heavy atom. The van der Waals surface area contributed by atoms with Crippen LogP contribution in [0, 0.1) is 23.2 Å². The van der Waals surface area contributed by atoms with Crippen LogP contribution in [0.15, 0.2) is 66.7 Å². The van der Waals surface area contributed by atoms with E-state index in [9.17, 15) is 4.79 Å². The monoisotopic (exact) mass is 577 g/mol. The molecule has 3 aromatic carbocycles. The van der Waals surface area contributed by atoms with Gasteiger partial charge in [0.25, 0.3) is 0 Å². The van der Waals surface area contributed by atoms with Crippen LogP contribution in [0.3, 0.4) is 0 Å². The lowest BCUT2D eigenvalue weighted by molar-refractivity contribution is -0.198. The standard InChI is InChI=1S/C37H43N3O3/c1-39(30-9-5-26(6-10-30)36-22-25-19-27-20-28(24-36)37(27,36)23-25)31-11-7-29(8-12-31)38-34-14-13-32(21-33(34)35(41)42-2)43-18-17-40-15-3-4-16-40/h5-14,21,25,27-28,38H,3-4,15-20,22-24H2,1-2H3. The Morgan fingerprint density at radius 2 is 1.67 bits per heavy atom. The lowest BCUT2D eigenvalue weighted by Crippen LogP contribution is -2.68. The Kier molecular flexibility index (Phi) is 6.48. The highest BCUT2D eigenvalue weighted by molar-refractivity contribution is 5.97. The highest BCUT2D eigenvalue weighted by Crippen LogP contribution is 2.86. The SMILES string of the molecule is COC(=O)c1cc(OCCN2CCCC2)ccc1Nc1ccc(N(C)c2ccc(C34CC5CC6CC(C3)C64C5)cc2)cc1. The molecule has 6 heteroatoms. The predicted molar refractivity (Wildman–Crippen MR) is 171 cm³/mol. The highest BCUT2D eigenvalue weighted by atomic mass is 16.5. The van der Waals surface area contributed by atoms with E-state index < -0.39 is 0 Å². The van der Waals surface area contributed by atoms with Crippen LogP contribution < -0.4 is 15.0 Å². The number of likely N-dealkylation sites (tertiary alicyclic amines) is 1. The summed E-state index contributed by atoms with van der Waals surface area (Å²) in [5.74, 6) is 3.30. The number of carbonyl (C=O) groups excluding carboxylic acids is 1. The van der Waals surface area contributed by atoms with Crippen LogP contribution in [-0.4, -0.2) is 51.3 Å². The second-order valence-electron chi connectivity index (χ2n) is 13.8. The highest BCUT2D eigenvalue weighted by Gasteiger charge is 2.80. The molecule has 5 unspecified atom stereocenters. The van der Waals surface area contributed by atoms with Crippen molar-refractivity contribution in [1.29, 1.82) is 0 Å². The smallest absolute Gasteiger partial charge is 0.340 e. The summed E-state index contributed by atoms with van der Waals surface area (Å²) in [6.07, 6.45) is 9.89. The van der Waals surface area contributed by atoms with Crippen molar-refractivity contribution in [2.45, 2.75) is 50.4 Å². The number of nitrogens with zero attached hydrogens (tertiary/aromatic N) is 2. The Balaban J connectivity index is 0.932. The lowest BCUT2D eigenvalue weighted by atomic mass is 9.31. The van der Waals surface area contributed by atoms with Gasteiger partial charge >= 0.3 is 5.97 Å². The van der Waals surface area contributed by atoms with Crippen LogP contribution >= 0.6 is 0 Å². The van der Waals surface area contributed by atoms with Gasteiger partial charge in [-0.2, -0.15) is 0 Å². The third-order valence-electron chi connectivity index (χ3n) is 12.0. The summed E-state index contributed by atoms with van der Waals surface area (Å²) >= 11 is 0. The van der Waals surface area contributed by atoms with Crippen molar-refractivity contribution in [2.24, 2.45) is 23.2 Å². The van der Waals surface area contributed by atoms with E-state index in [1.807, 2.05) is 12.1 Å². The number of ether oxygens (including phenoxy) is 2. The van der Waals surface area contributed by atoms with Crippen molar-refractivity contribution in [3.8, 4) is 5.75 Å². The van der Waals surface area contributed by atoms with Gasteiger partial charge in [-0.3, -0.25) is 4.90 Å². The Bertz CT molecular complexity index is 1520. The van der Waals surface area contributed by atoms with Crippen LogP contribution in [0.25, 0.3) is 0 Å². The van der Waals surface area contributed by atoms with E-state index in [4.69, 9.17) is 9.47 Å². The number of fused-ring (bicyclic) bond motifs is 1. The van der Waals surface area contributed by atoms with Gasteiger partial charge in [-0.1, -0.05) is 12.1 Å². The van der Waals surface area contributed by atoms with E-state index in [1.165, 1.54) is 57.7 Å². The summed E-state index contributed by atoms with van der Waals surface area (Å²) in [4.78, 5) is 17.3. The molecule has 5 aliphatic rings. The normalized spacial score (nSPS) is 29.9. The molecule has 1 aliphatic heterocycles. The second-order valence-corrected chi connectivity index (χ2v) is 13.8. The molecule has 3 aromatic rings. The van der Waals surface area contributed by atoms with Gasteiger partial charge < -0.3 is 19.7 Å². The number of benzene rings is 3. The number of hydrogen-bond acceptors (Lipinski definition) is 6. The Labute approximate surface area is 255 Å². The fourth-order valence-electron chi connectivity index (χ4n) is 10.1. The largest absolute Gasteiger partial charge is 0.492 e. The molecule has 224 valence electrons. The van der Waals surface area contributed by atoms with Gasteiger partial charge in [-0.25, -0.2) is 4.79 Å². The number of esters is 1. The van der Waals surface area contributed by atoms with Crippen molar-refractivity contribution >= 4 is 28.7 Å². The first kappa shape index (κ1) is 27.1. The molecule has 2 bridgehead atoms. The van der Waals surface area contributed by atoms with Crippen LogP contribution in [-0.2, 0) is 10.2 Å². The van der Waals surface area contributed by atoms with Gasteiger partial charge in [0.15, 0.2) is 0 Å². The summed E-state index contributed by atoms with van der Waals surface area (Å²) in [7, 11) is 3.54. The summed E-state index contributed by atoms with van der Waals surface area (Å²) in [6.45, 7) is 3.79. The van der Waals surface area contributed by atoms with Crippen molar-refractivity contribution in [3.63, 3.8) is 0 Å². The molecule has 4 aliphatic carbocycles. The quantitative estimate of drug-likeness (QED) is 0.251. The average molecular weight is 578 g/mol. The Morgan fingerprint density at radius 1 is 0.930 bits per heavy atom. The molecule has 0 amide bonds. The topological polar surface area (TPSA) is 54.0 Å². The fourth-order valence-corrected chi connectivity index (χ4v) is 10.1. The number of anilines is 4. The van der Waals surface area contributed by atoms with Crippen molar-refractivity contribution in [1.82, 2.24) is 4.90 Å². The lowest BCUT2D eigenvalue weighted by Gasteiger charge is -2.73. The third-order valence-corrected chi connectivity index (χ3v) is 12.0. The molecule has 43 heavy (non-hydrogen) atoms. The first-order valence-corrected chi connectivity index (χ1v) is 16.3. The van der Waals surface area contributed by atoms with Gasteiger partial charge in [-0.15, -0.1) is 0 Å². The summed E-state index contributed by atoms with van der Waals surface area (Å²) < 4.78 is 11.1. The molecule has 8 rings (SSSR count). The van der Waals surface area contributed by atoms with Gasteiger partial charge in [0.05, 0.1) is 18.4 Å². The zero-order valence-corrected chi connectivity index (χ0v) is 25.5. The van der Waals surface area contributed by atoms with E-state index in [2.05, 4.69) is 70.7 Å². The Hall–Kier alpha value is -3.51. The molecule has 1 N–H and O–H groups in total. The van der Waals surface area contributed by atoms with E-state index in [0.717, 1.165) is 48.8 Å². The summed E-state index contributed by atoms with van der Waals surface area (Å²) in [5.41, 5.74) is 7.13. The molecule has 6 nitrogen and oxygen atoms in total. The maximum absolute atomic E-state index is 12.6. The third kappa shape index (κ3) is 4.20. The molecular weight excluding hydrogens is 534 g/mol. The summed E-state index contributed by atoms with van der Waals surface area (Å²) in [6, 6.07) is 23.4. The van der Waals surface area contributed by atoms with Crippen LogP contribution in [0.1, 0.15) is 60.9 Å². The fraction of sp³-hybridized carbons (Fsp3) is 0.486. The number of methoxy groups -OCH3 is 1. The maximum atomic E-state index is 12.6. The zero-order valence-electron chi connectivity index (χ0n) is 25.5. The van der Waals surface area contributed by atoms with Gasteiger partial charge in [-0.05, 0) is 141 Å². The minimum Gasteiger partial charge on any atom is -0.492 e. The summed E-state index contributed by atoms with van der Waals surface area (Å²) in [5, 5.41) is 3.41. The van der Waals surface area contributed by atoms with Gasteiger partial charge in [0.1, 0.15) is 12.4 Å². The first-order valence-electron chi connectivity index (χ1n) is 16.3. The number of carbonyl (C=O) groups is 1. The zero-order chi connectivity index (χ0) is 29.2. The minimum atomic E-state index is -0.387. The number of hydrogen-bond donors (Lipinski definition) is 1. The molecule has 5 atom stereocenters. The minimum absolute atomic E-state index is 0.387. The van der Waals surface area contributed by atoms with E-state index >= 15 is 0 Å². The van der Waals surface area contributed by atoms with E-state index in [1.54, 1.807) is 11.6 Å². The first-order chi connectivity index (χ1) is 21.0. The maximum Gasteiger partial charge on any atom is 0.340 e. The van der Waals surface area contributed by atoms with E-state index in [0.29, 0.717) is 34.4 Å². The predicted octanol–water partition coefficient (Wildman–Crippen LogP) is 7.54. The van der Waals surface area contributed by atoms with Crippen LogP contribution in [0.4, 0.5) is 22.7 Å². The molecular formula is C37H43N3O3. The molecule has 1 saturated heterocycles. The molecule has 1 heterocycles. The number of nitrogens with one attached hydrogen (secondary N) is 1. The molecule has 1 spiro atoms. The van der Waals surface area contributed by atoms with Crippen molar-refractivity contribution in [2.75, 3.05) is 50.6 Å². The molecule has 4 saturated carbocycles. The second kappa shape index (κ2) is 10.3. The van der Waals surface area contributed by atoms with Crippen LogP contribution in [0.2, 0.25) is 0 Å². The molecule has 0 aromatic heterocycles. The number of rotatable bonds is 10. The molecule has 5 fully saturated rings. The van der Waals surface area contributed by atoms with Gasteiger partial charge in [0, 0.05) is 36.1 Å².